The van der Waals surface area contributed by atoms with Gasteiger partial charge in [-0.2, -0.15) is 0 Å². The number of aromatic nitrogens is 2. The van der Waals surface area contributed by atoms with E-state index < -0.39 is 0 Å². The van der Waals surface area contributed by atoms with Gasteiger partial charge in [0.15, 0.2) is 0 Å². The monoisotopic (exact) mass is 338 g/mol. The molecule has 0 spiro atoms. The van der Waals surface area contributed by atoms with Crippen LogP contribution in [0.3, 0.4) is 0 Å². The SMILES string of the molecule is O=C(C1CCCN1Cc1ccccc1)N1CCC(c2cnc[nH]2)CC1. The van der Waals surface area contributed by atoms with E-state index in [0.717, 1.165) is 51.9 Å². The molecular formula is C20H26N4O. The molecule has 2 aliphatic rings. The highest BCUT2D eigenvalue weighted by molar-refractivity contribution is 5.82. The Bertz CT molecular complexity index is 677. The van der Waals surface area contributed by atoms with E-state index in [9.17, 15) is 4.79 Å². The fraction of sp³-hybridized carbons (Fsp3) is 0.500. The number of amides is 1. The van der Waals surface area contributed by atoms with Crippen molar-refractivity contribution in [1.82, 2.24) is 19.8 Å². The molecular weight excluding hydrogens is 312 g/mol. The van der Waals surface area contributed by atoms with Gasteiger partial charge in [0.25, 0.3) is 0 Å². The van der Waals surface area contributed by atoms with E-state index in [1.165, 1.54) is 11.3 Å². The molecule has 1 atom stereocenters. The standard InChI is InChI=1S/C20H26N4O/c25-20(23-11-8-17(9-12-23)18-13-21-15-22-18)19-7-4-10-24(19)14-16-5-2-1-3-6-16/h1-3,5-6,13,15,17,19H,4,7-12,14H2,(H,21,22). The summed E-state index contributed by atoms with van der Waals surface area (Å²) in [6.07, 6.45) is 7.83. The number of rotatable bonds is 4. The molecule has 25 heavy (non-hydrogen) atoms. The third-order valence-electron chi connectivity index (χ3n) is 5.64. The van der Waals surface area contributed by atoms with Crippen molar-refractivity contribution in [2.45, 2.75) is 44.2 Å². The quantitative estimate of drug-likeness (QED) is 0.933. The number of imidazole rings is 1. The van der Waals surface area contributed by atoms with Crippen LogP contribution in [-0.2, 0) is 11.3 Å². The minimum absolute atomic E-state index is 0.0592. The van der Waals surface area contributed by atoms with E-state index in [0.29, 0.717) is 11.8 Å². The topological polar surface area (TPSA) is 52.2 Å². The van der Waals surface area contributed by atoms with Crippen molar-refractivity contribution in [2.75, 3.05) is 19.6 Å². The highest BCUT2D eigenvalue weighted by atomic mass is 16.2. The van der Waals surface area contributed by atoms with Crippen LogP contribution in [0.4, 0.5) is 0 Å². The molecule has 2 saturated heterocycles. The van der Waals surface area contributed by atoms with Gasteiger partial charge in [0, 0.05) is 37.4 Å². The van der Waals surface area contributed by atoms with Gasteiger partial charge in [-0.15, -0.1) is 0 Å². The molecule has 2 fully saturated rings. The fourth-order valence-electron chi connectivity index (χ4n) is 4.22. The summed E-state index contributed by atoms with van der Waals surface area (Å²) in [6.45, 7) is 3.62. The van der Waals surface area contributed by atoms with Gasteiger partial charge in [0.2, 0.25) is 5.91 Å². The summed E-state index contributed by atoms with van der Waals surface area (Å²) in [6, 6.07) is 10.5. The van der Waals surface area contributed by atoms with E-state index in [4.69, 9.17) is 0 Å². The maximum absolute atomic E-state index is 13.1. The van der Waals surface area contributed by atoms with Crippen molar-refractivity contribution in [3.63, 3.8) is 0 Å². The first-order chi connectivity index (χ1) is 12.3. The molecule has 0 radical (unpaired) electrons. The molecule has 5 nitrogen and oxygen atoms in total. The Hall–Kier alpha value is -2.14. The maximum atomic E-state index is 13.1. The Balaban J connectivity index is 1.35. The highest BCUT2D eigenvalue weighted by Gasteiger charge is 2.35. The summed E-state index contributed by atoms with van der Waals surface area (Å²) in [4.78, 5) is 24.8. The van der Waals surface area contributed by atoms with E-state index in [-0.39, 0.29) is 6.04 Å². The van der Waals surface area contributed by atoms with Crippen LogP contribution >= 0.6 is 0 Å². The second-order valence-electron chi connectivity index (χ2n) is 7.22. The minimum Gasteiger partial charge on any atom is -0.348 e. The average molecular weight is 338 g/mol. The van der Waals surface area contributed by atoms with Crippen LogP contribution in [0.5, 0.6) is 0 Å². The van der Waals surface area contributed by atoms with E-state index in [1.807, 2.05) is 12.3 Å². The van der Waals surface area contributed by atoms with Gasteiger partial charge >= 0.3 is 0 Å². The molecule has 1 unspecified atom stereocenters. The number of nitrogens with one attached hydrogen (secondary N) is 1. The largest absolute Gasteiger partial charge is 0.348 e. The second-order valence-corrected chi connectivity index (χ2v) is 7.22. The molecule has 1 aromatic heterocycles. The average Bonchev–Trinajstić information content (AvgIpc) is 3.34. The smallest absolute Gasteiger partial charge is 0.239 e. The first-order valence-electron chi connectivity index (χ1n) is 9.36. The Morgan fingerprint density at radius 2 is 1.92 bits per heavy atom. The third-order valence-corrected chi connectivity index (χ3v) is 5.64. The Labute approximate surface area is 149 Å². The van der Waals surface area contributed by atoms with Crippen LogP contribution in [0.15, 0.2) is 42.9 Å². The molecule has 1 aromatic carbocycles. The number of nitrogens with zero attached hydrogens (tertiary/aromatic N) is 3. The van der Waals surface area contributed by atoms with Crippen molar-refractivity contribution in [2.24, 2.45) is 0 Å². The highest BCUT2D eigenvalue weighted by Crippen LogP contribution is 2.28. The number of piperidine rings is 1. The van der Waals surface area contributed by atoms with Gasteiger partial charge in [-0.05, 0) is 37.8 Å². The van der Waals surface area contributed by atoms with Gasteiger partial charge in [0.1, 0.15) is 0 Å². The van der Waals surface area contributed by atoms with Crippen LogP contribution in [-0.4, -0.2) is 51.4 Å². The summed E-state index contributed by atoms with van der Waals surface area (Å²) in [5, 5.41) is 0. The van der Waals surface area contributed by atoms with Crippen molar-refractivity contribution in [3.05, 3.63) is 54.1 Å². The summed E-state index contributed by atoms with van der Waals surface area (Å²) >= 11 is 0. The maximum Gasteiger partial charge on any atom is 0.239 e. The zero-order valence-electron chi connectivity index (χ0n) is 14.6. The molecule has 2 aliphatic heterocycles. The van der Waals surface area contributed by atoms with Crippen molar-refractivity contribution in [3.8, 4) is 0 Å². The molecule has 1 N–H and O–H groups in total. The normalized spacial score (nSPS) is 22.4. The lowest BCUT2D eigenvalue weighted by Crippen LogP contribution is -2.48. The molecule has 132 valence electrons. The number of carbonyl (C=O) groups is 1. The predicted octanol–water partition coefficient (Wildman–Crippen LogP) is 2.78. The summed E-state index contributed by atoms with van der Waals surface area (Å²) < 4.78 is 0. The van der Waals surface area contributed by atoms with Crippen LogP contribution in [0, 0.1) is 0 Å². The van der Waals surface area contributed by atoms with Crippen molar-refractivity contribution < 1.29 is 4.79 Å². The number of H-pyrrole nitrogens is 1. The molecule has 0 bridgehead atoms. The molecule has 0 saturated carbocycles. The molecule has 1 amide bonds. The van der Waals surface area contributed by atoms with Gasteiger partial charge < -0.3 is 9.88 Å². The van der Waals surface area contributed by atoms with E-state index >= 15 is 0 Å². The third kappa shape index (κ3) is 3.61. The van der Waals surface area contributed by atoms with Gasteiger partial charge in [-0.3, -0.25) is 9.69 Å². The van der Waals surface area contributed by atoms with Crippen LogP contribution in [0.2, 0.25) is 0 Å². The summed E-state index contributed by atoms with van der Waals surface area (Å²) in [7, 11) is 0. The van der Waals surface area contributed by atoms with Crippen molar-refractivity contribution >= 4 is 5.91 Å². The zero-order chi connectivity index (χ0) is 17.1. The predicted molar refractivity (Wildman–Crippen MR) is 97.0 cm³/mol. The first-order valence-corrected chi connectivity index (χ1v) is 9.36. The van der Waals surface area contributed by atoms with Gasteiger partial charge in [-0.1, -0.05) is 30.3 Å². The molecule has 2 aromatic rings. The number of carbonyl (C=O) groups excluding carboxylic acids is 1. The lowest BCUT2D eigenvalue weighted by molar-refractivity contribution is -0.137. The zero-order valence-corrected chi connectivity index (χ0v) is 14.6. The van der Waals surface area contributed by atoms with Crippen LogP contribution in [0.25, 0.3) is 0 Å². The summed E-state index contributed by atoms with van der Waals surface area (Å²) in [5.74, 6) is 0.840. The Kier molecular flexibility index (Phi) is 4.83. The molecule has 5 heteroatoms. The van der Waals surface area contributed by atoms with Crippen LogP contribution < -0.4 is 0 Å². The van der Waals surface area contributed by atoms with E-state index in [1.54, 1.807) is 6.33 Å². The van der Waals surface area contributed by atoms with Gasteiger partial charge in [0.05, 0.1) is 12.4 Å². The lowest BCUT2D eigenvalue weighted by Gasteiger charge is -2.35. The number of hydrogen-bond donors (Lipinski definition) is 1. The lowest BCUT2D eigenvalue weighted by atomic mass is 9.93. The first kappa shape index (κ1) is 16.3. The molecule has 3 heterocycles. The molecule has 4 rings (SSSR count). The Morgan fingerprint density at radius 1 is 1.12 bits per heavy atom. The number of benzene rings is 1. The Morgan fingerprint density at radius 3 is 2.64 bits per heavy atom. The fourth-order valence-corrected chi connectivity index (χ4v) is 4.22. The minimum atomic E-state index is 0.0592. The van der Waals surface area contributed by atoms with E-state index in [2.05, 4.69) is 44.0 Å². The summed E-state index contributed by atoms with van der Waals surface area (Å²) in [5.41, 5.74) is 2.50. The second kappa shape index (κ2) is 7.40. The number of aromatic amines is 1. The van der Waals surface area contributed by atoms with Crippen LogP contribution in [0.1, 0.15) is 42.9 Å². The van der Waals surface area contributed by atoms with Crippen molar-refractivity contribution in [1.29, 1.82) is 0 Å². The number of hydrogen-bond acceptors (Lipinski definition) is 3. The van der Waals surface area contributed by atoms with Gasteiger partial charge in [-0.25, -0.2) is 4.98 Å². The molecule has 0 aliphatic carbocycles. The number of likely N-dealkylation sites (tertiary alicyclic amines) is 2.